The van der Waals surface area contributed by atoms with Crippen molar-refractivity contribution >= 4 is 56.2 Å². The molecule has 2 saturated heterocycles. The molecule has 8 heteroatoms. The Morgan fingerprint density at radius 1 is 1.24 bits per heavy atom. The lowest BCUT2D eigenvalue weighted by atomic mass is 10.1. The SMILES string of the molecule is CCOc1cc(/C=C2\SC(=S)N(C[C@@H]3CCCO3)C2=O)c(Br)cc1OCc1ccc(C)cc1. The summed E-state index contributed by atoms with van der Waals surface area (Å²) in [7, 11) is 0. The molecule has 2 aliphatic rings. The van der Waals surface area contributed by atoms with Crippen LogP contribution in [0.4, 0.5) is 0 Å². The highest BCUT2D eigenvalue weighted by molar-refractivity contribution is 9.10. The Labute approximate surface area is 212 Å². The van der Waals surface area contributed by atoms with Crippen LogP contribution in [0.1, 0.15) is 36.5 Å². The van der Waals surface area contributed by atoms with Crippen molar-refractivity contribution in [2.75, 3.05) is 19.8 Å². The molecule has 0 saturated carbocycles. The van der Waals surface area contributed by atoms with Crippen LogP contribution in [0, 0.1) is 6.92 Å². The van der Waals surface area contributed by atoms with E-state index >= 15 is 0 Å². The number of thioether (sulfide) groups is 1. The second kappa shape index (κ2) is 11.0. The van der Waals surface area contributed by atoms with Gasteiger partial charge in [0.05, 0.1) is 24.2 Å². The Bertz CT molecular complexity index is 1060. The van der Waals surface area contributed by atoms with Gasteiger partial charge in [0.15, 0.2) is 11.5 Å². The number of nitrogens with zero attached hydrogens (tertiary/aromatic N) is 1. The molecule has 0 aliphatic carbocycles. The molecular formula is C25H26BrNO4S2. The van der Waals surface area contributed by atoms with Crippen LogP contribution in [-0.2, 0) is 16.1 Å². The van der Waals surface area contributed by atoms with Gasteiger partial charge in [0.25, 0.3) is 5.91 Å². The molecule has 2 heterocycles. The highest BCUT2D eigenvalue weighted by Gasteiger charge is 2.34. The largest absolute Gasteiger partial charge is 0.490 e. The predicted molar refractivity (Wildman–Crippen MR) is 140 cm³/mol. The number of hydrogen-bond acceptors (Lipinski definition) is 6. The van der Waals surface area contributed by atoms with Gasteiger partial charge in [-0.05, 0) is 56.0 Å². The topological polar surface area (TPSA) is 48.0 Å². The normalized spacial score (nSPS) is 19.5. The van der Waals surface area contributed by atoms with Gasteiger partial charge in [-0.25, -0.2) is 0 Å². The number of carbonyl (C=O) groups excluding carboxylic acids is 1. The number of benzene rings is 2. The molecule has 0 bridgehead atoms. The Morgan fingerprint density at radius 3 is 2.70 bits per heavy atom. The van der Waals surface area contributed by atoms with Crippen LogP contribution in [0.25, 0.3) is 6.08 Å². The van der Waals surface area contributed by atoms with Gasteiger partial charge in [0.2, 0.25) is 0 Å². The van der Waals surface area contributed by atoms with Crippen molar-refractivity contribution in [3.8, 4) is 11.5 Å². The zero-order valence-electron chi connectivity index (χ0n) is 18.6. The van der Waals surface area contributed by atoms with E-state index in [4.69, 9.17) is 26.4 Å². The van der Waals surface area contributed by atoms with E-state index in [1.165, 1.54) is 17.3 Å². The van der Waals surface area contributed by atoms with E-state index in [2.05, 4.69) is 47.1 Å². The van der Waals surface area contributed by atoms with Crippen molar-refractivity contribution in [3.05, 3.63) is 62.5 Å². The van der Waals surface area contributed by atoms with E-state index in [-0.39, 0.29) is 12.0 Å². The molecule has 174 valence electrons. The smallest absolute Gasteiger partial charge is 0.266 e. The minimum Gasteiger partial charge on any atom is -0.490 e. The number of aryl methyl sites for hydroxylation is 1. The highest BCUT2D eigenvalue weighted by atomic mass is 79.9. The molecule has 2 fully saturated rings. The maximum absolute atomic E-state index is 13.0. The van der Waals surface area contributed by atoms with Crippen molar-refractivity contribution < 1.29 is 19.0 Å². The van der Waals surface area contributed by atoms with Gasteiger partial charge in [-0.2, -0.15) is 0 Å². The summed E-state index contributed by atoms with van der Waals surface area (Å²) in [6.07, 6.45) is 3.91. The van der Waals surface area contributed by atoms with Gasteiger partial charge in [0, 0.05) is 11.1 Å². The van der Waals surface area contributed by atoms with Crippen molar-refractivity contribution in [1.29, 1.82) is 0 Å². The lowest BCUT2D eigenvalue weighted by Gasteiger charge is -2.18. The van der Waals surface area contributed by atoms with Crippen molar-refractivity contribution in [2.24, 2.45) is 0 Å². The second-order valence-electron chi connectivity index (χ2n) is 7.96. The summed E-state index contributed by atoms with van der Waals surface area (Å²) in [5, 5.41) is 0. The van der Waals surface area contributed by atoms with E-state index < -0.39 is 0 Å². The molecular weight excluding hydrogens is 522 g/mol. The fourth-order valence-corrected chi connectivity index (χ4v) is 5.38. The van der Waals surface area contributed by atoms with Crippen LogP contribution in [0.5, 0.6) is 11.5 Å². The first-order chi connectivity index (χ1) is 15.9. The second-order valence-corrected chi connectivity index (χ2v) is 10.5. The number of rotatable bonds is 8. The third kappa shape index (κ3) is 5.98. The van der Waals surface area contributed by atoms with Crippen LogP contribution in [-0.4, -0.2) is 41.0 Å². The van der Waals surface area contributed by atoms with Crippen LogP contribution in [0.3, 0.4) is 0 Å². The van der Waals surface area contributed by atoms with E-state index in [1.807, 2.05) is 25.1 Å². The number of ether oxygens (including phenoxy) is 3. The molecule has 2 aliphatic heterocycles. The van der Waals surface area contributed by atoms with Crippen LogP contribution < -0.4 is 9.47 Å². The molecule has 5 nitrogen and oxygen atoms in total. The molecule has 4 rings (SSSR count). The first-order valence-electron chi connectivity index (χ1n) is 11.0. The number of amides is 1. The third-order valence-corrected chi connectivity index (χ3v) is 7.51. The van der Waals surface area contributed by atoms with Gasteiger partial charge >= 0.3 is 0 Å². The summed E-state index contributed by atoms with van der Waals surface area (Å²) in [5.41, 5.74) is 3.12. The highest BCUT2D eigenvalue weighted by Crippen LogP contribution is 2.39. The summed E-state index contributed by atoms with van der Waals surface area (Å²) in [5.74, 6) is 1.20. The van der Waals surface area contributed by atoms with Gasteiger partial charge < -0.3 is 14.2 Å². The Morgan fingerprint density at radius 2 is 2.00 bits per heavy atom. The van der Waals surface area contributed by atoms with Crippen molar-refractivity contribution in [2.45, 2.75) is 39.4 Å². The lowest BCUT2D eigenvalue weighted by molar-refractivity contribution is -0.123. The Balaban J connectivity index is 1.53. The van der Waals surface area contributed by atoms with Gasteiger partial charge in [0.1, 0.15) is 10.9 Å². The van der Waals surface area contributed by atoms with E-state index in [1.54, 1.807) is 4.90 Å². The maximum Gasteiger partial charge on any atom is 0.266 e. The lowest BCUT2D eigenvalue weighted by Crippen LogP contribution is -2.35. The minimum atomic E-state index is -0.0787. The van der Waals surface area contributed by atoms with Crippen LogP contribution >= 0.6 is 39.9 Å². The first-order valence-corrected chi connectivity index (χ1v) is 13.0. The maximum atomic E-state index is 13.0. The Kier molecular flexibility index (Phi) is 8.11. The summed E-state index contributed by atoms with van der Waals surface area (Å²) in [6, 6.07) is 12.0. The predicted octanol–water partition coefficient (Wildman–Crippen LogP) is 6.12. The van der Waals surface area contributed by atoms with E-state index in [0.29, 0.717) is 40.5 Å². The molecule has 1 atom stereocenters. The average molecular weight is 549 g/mol. The van der Waals surface area contributed by atoms with Gasteiger partial charge in [-0.3, -0.25) is 9.69 Å². The zero-order chi connectivity index (χ0) is 23.4. The standard InChI is InChI=1S/C25H26BrNO4S2/c1-3-29-21-11-18(20(26)13-22(21)31-15-17-8-6-16(2)7-9-17)12-23-24(28)27(25(32)33-23)14-19-5-4-10-30-19/h6-9,11-13,19H,3-5,10,14-15H2,1-2H3/b23-12-/t19-/m0/s1. The van der Waals surface area contributed by atoms with Crippen molar-refractivity contribution in [1.82, 2.24) is 4.90 Å². The minimum absolute atomic E-state index is 0.0631. The molecule has 2 aromatic rings. The monoisotopic (exact) mass is 547 g/mol. The first kappa shape index (κ1) is 24.3. The molecule has 33 heavy (non-hydrogen) atoms. The summed E-state index contributed by atoms with van der Waals surface area (Å²) >= 11 is 10.4. The Hall–Kier alpha value is -1.87. The molecule has 0 spiro atoms. The number of thiocarbonyl (C=S) groups is 1. The van der Waals surface area contributed by atoms with E-state index in [9.17, 15) is 4.79 Å². The molecule has 2 aromatic carbocycles. The third-order valence-electron chi connectivity index (χ3n) is 5.45. The van der Waals surface area contributed by atoms with E-state index in [0.717, 1.165) is 35.0 Å². The summed E-state index contributed by atoms with van der Waals surface area (Å²) in [6.45, 7) is 6.20. The number of hydrogen-bond donors (Lipinski definition) is 0. The molecule has 0 N–H and O–H groups in total. The molecule has 0 unspecified atom stereocenters. The summed E-state index contributed by atoms with van der Waals surface area (Å²) < 4.78 is 19.0. The number of carbonyl (C=O) groups is 1. The fraction of sp³-hybridized carbons (Fsp3) is 0.360. The number of halogens is 1. The van der Waals surface area contributed by atoms with Crippen LogP contribution in [0.2, 0.25) is 0 Å². The van der Waals surface area contributed by atoms with Crippen molar-refractivity contribution in [3.63, 3.8) is 0 Å². The molecule has 0 radical (unpaired) electrons. The fourth-order valence-electron chi connectivity index (χ4n) is 3.68. The average Bonchev–Trinajstić information content (AvgIpc) is 3.40. The zero-order valence-corrected chi connectivity index (χ0v) is 21.9. The van der Waals surface area contributed by atoms with Gasteiger partial charge in [-0.1, -0.05) is 69.7 Å². The molecule has 0 aromatic heterocycles. The van der Waals surface area contributed by atoms with Crippen LogP contribution in [0.15, 0.2) is 45.8 Å². The quantitative estimate of drug-likeness (QED) is 0.293. The summed E-state index contributed by atoms with van der Waals surface area (Å²) in [4.78, 5) is 15.2. The van der Waals surface area contributed by atoms with Gasteiger partial charge in [-0.15, -0.1) is 0 Å². The molecule has 1 amide bonds.